The van der Waals surface area contributed by atoms with Crippen molar-refractivity contribution in [2.24, 2.45) is 0 Å². The minimum atomic E-state index is -0.769. The highest BCUT2D eigenvalue weighted by Gasteiger charge is 2.32. The van der Waals surface area contributed by atoms with Gasteiger partial charge in [0.05, 0.1) is 5.88 Å². The van der Waals surface area contributed by atoms with Crippen LogP contribution < -0.4 is 5.32 Å². The van der Waals surface area contributed by atoms with Crippen molar-refractivity contribution in [1.82, 2.24) is 0 Å². The Morgan fingerprint density at radius 3 is 2.59 bits per heavy atom. The summed E-state index contributed by atoms with van der Waals surface area (Å²) in [4.78, 5) is 12.2. The molecular formula is C16H12Cl3NO2. The number of amides is 1. The first kappa shape index (κ1) is 15.6. The molecular weight excluding hydrogens is 345 g/mol. The summed E-state index contributed by atoms with van der Waals surface area (Å²) >= 11 is 18.3. The third-order valence-electron chi connectivity index (χ3n) is 3.47. The lowest BCUT2D eigenvalue weighted by molar-refractivity contribution is -0.127. The Labute approximate surface area is 143 Å². The molecule has 6 heteroatoms. The lowest BCUT2D eigenvalue weighted by Crippen LogP contribution is -2.30. The summed E-state index contributed by atoms with van der Waals surface area (Å²) in [5.41, 5.74) is 2.16. The monoisotopic (exact) mass is 355 g/mol. The molecule has 2 atom stereocenters. The van der Waals surface area contributed by atoms with Crippen LogP contribution in [0.3, 0.4) is 0 Å². The Morgan fingerprint density at radius 2 is 1.86 bits per heavy atom. The molecule has 0 saturated carbocycles. The van der Waals surface area contributed by atoms with Gasteiger partial charge >= 0.3 is 0 Å². The first-order chi connectivity index (χ1) is 10.6. The first-order valence-corrected chi connectivity index (χ1v) is 7.95. The van der Waals surface area contributed by atoms with Crippen LogP contribution in [-0.4, -0.2) is 17.9 Å². The minimum absolute atomic E-state index is 0.0501. The van der Waals surface area contributed by atoms with E-state index in [9.17, 15) is 4.79 Å². The number of rotatable bonds is 2. The standard InChI is InChI=1S/C16H12Cl3NO2/c17-8-14-16(21)20-13-6-5-9(18)7-11(13)15(22-14)10-3-1-2-4-12(10)19/h1-7,14-15H,8H2,(H,20,21)/t14-,15-/m1/s1. The molecule has 0 spiro atoms. The SMILES string of the molecule is O=C1Nc2ccc(Cl)cc2[C@@H](c2ccccc2Cl)O[C@@H]1CCl. The van der Waals surface area contributed by atoms with Gasteiger partial charge in [-0.1, -0.05) is 41.4 Å². The number of alkyl halides is 1. The lowest BCUT2D eigenvalue weighted by Gasteiger charge is -2.21. The number of carbonyl (C=O) groups is 1. The summed E-state index contributed by atoms with van der Waals surface area (Å²) in [7, 11) is 0. The molecule has 0 unspecified atom stereocenters. The Morgan fingerprint density at radius 1 is 1.09 bits per heavy atom. The van der Waals surface area contributed by atoms with E-state index in [1.807, 2.05) is 18.2 Å². The number of benzene rings is 2. The molecule has 0 fully saturated rings. The Balaban J connectivity index is 2.16. The molecule has 0 saturated heterocycles. The number of carbonyl (C=O) groups excluding carboxylic acids is 1. The summed E-state index contributed by atoms with van der Waals surface area (Å²) in [6, 6.07) is 12.6. The van der Waals surface area contributed by atoms with Crippen molar-refractivity contribution in [2.75, 3.05) is 11.2 Å². The predicted octanol–water partition coefficient (Wildman–Crippen LogP) is 4.66. The van der Waals surface area contributed by atoms with Crippen LogP contribution in [0, 0.1) is 0 Å². The zero-order chi connectivity index (χ0) is 15.7. The van der Waals surface area contributed by atoms with E-state index in [-0.39, 0.29) is 11.8 Å². The molecule has 1 aliphatic heterocycles. The highest BCUT2D eigenvalue weighted by atomic mass is 35.5. The van der Waals surface area contributed by atoms with Gasteiger partial charge in [0.25, 0.3) is 5.91 Å². The first-order valence-electron chi connectivity index (χ1n) is 6.66. The van der Waals surface area contributed by atoms with Crippen LogP contribution >= 0.6 is 34.8 Å². The highest BCUT2D eigenvalue weighted by molar-refractivity contribution is 6.31. The topological polar surface area (TPSA) is 38.3 Å². The fourth-order valence-corrected chi connectivity index (χ4v) is 3.04. The largest absolute Gasteiger partial charge is 0.354 e. The molecule has 0 bridgehead atoms. The van der Waals surface area contributed by atoms with Crippen molar-refractivity contribution < 1.29 is 9.53 Å². The summed E-state index contributed by atoms with van der Waals surface area (Å²) in [6.45, 7) is 0. The van der Waals surface area contributed by atoms with E-state index >= 15 is 0 Å². The van der Waals surface area contributed by atoms with E-state index in [0.29, 0.717) is 15.7 Å². The van der Waals surface area contributed by atoms with Gasteiger partial charge in [0.15, 0.2) is 6.10 Å². The van der Waals surface area contributed by atoms with Gasteiger partial charge in [-0.3, -0.25) is 4.79 Å². The van der Waals surface area contributed by atoms with Gasteiger partial charge in [-0.25, -0.2) is 0 Å². The molecule has 1 N–H and O–H groups in total. The number of halogens is 3. The second kappa shape index (κ2) is 6.47. The second-order valence-corrected chi connectivity index (χ2v) is 6.05. The van der Waals surface area contributed by atoms with Gasteiger partial charge in [0.2, 0.25) is 0 Å². The van der Waals surface area contributed by atoms with E-state index in [2.05, 4.69) is 5.32 Å². The third-order valence-corrected chi connectivity index (χ3v) is 4.33. The Bertz CT molecular complexity index is 720. The third kappa shape index (κ3) is 2.95. The van der Waals surface area contributed by atoms with E-state index in [1.165, 1.54) is 0 Å². The maximum absolute atomic E-state index is 12.2. The molecule has 1 amide bonds. The molecule has 2 aromatic rings. The van der Waals surface area contributed by atoms with Gasteiger partial charge in [0.1, 0.15) is 6.10 Å². The van der Waals surface area contributed by atoms with Crippen LogP contribution in [0.1, 0.15) is 17.2 Å². The maximum Gasteiger partial charge on any atom is 0.254 e. The van der Waals surface area contributed by atoms with Crippen LogP contribution in [0.15, 0.2) is 42.5 Å². The van der Waals surface area contributed by atoms with Crippen molar-refractivity contribution in [3.63, 3.8) is 0 Å². The minimum Gasteiger partial charge on any atom is -0.354 e. The molecule has 0 aromatic heterocycles. The van der Waals surface area contributed by atoms with Gasteiger partial charge in [-0.05, 0) is 24.3 Å². The smallest absolute Gasteiger partial charge is 0.254 e. The van der Waals surface area contributed by atoms with Crippen molar-refractivity contribution in [1.29, 1.82) is 0 Å². The van der Waals surface area contributed by atoms with Gasteiger partial charge in [-0.15, -0.1) is 11.6 Å². The van der Waals surface area contributed by atoms with Gasteiger partial charge in [-0.2, -0.15) is 0 Å². The van der Waals surface area contributed by atoms with Crippen LogP contribution in [0.4, 0.5) is 5.69 Å². The van der Waals surface area contributed by atoms with Gasteiger partial charge in [0, 0.05) is 26.9 Å². The summed E-state index contributed by atoms with van der Waals surface area (Å²) in [5.74, 6) is -0.234. The molecule has 0 aliphatic carbocycles. The predicted molar refractivity (Wildman–Crippen MR) is 89.0 cm³/mol. The van der Waals surface area contributed by atoms with E-state index < -0.39 is 12.2 Å². The normalized spacial score (nSPS) is 21.0. The van der Waals surface area contributed by atoms with Crippen molar-refractivity contribution in [3.05, 3.63) is 63.6 Å². The number of fused-ring (bicyclic) bond motifs is 1. The molecule has 1 heterocycles. The summed E-state index contributed by atoms with van der Waals surface area (Å²) < 4.78 is 5.93. The maximum atomic E-state index is 12.2. The van der Waals surface area contributed by atoms with E-state index in [1.54, 1.807) is 24.3 Å². The zero-order valence-electron chi connectivity index (χ0n) is 11.4. The number of hydrogen-bond acceptors (Lipinski definition) is 2. The molecule has 22 heavy (non-hydrogen) atoms. The number of nitrogens with one attached hydrogen (secondary N) is 1. The number of anilines is 1. The van der Waals surface area contributed by atoms with Crippen LogP contribution in [0.25, 0.3) is 0 Å². The number of hydrogen-bond donors (Lipinski definition) is 1. The average molecular weight is 357 g/mol. The molecule has 3 nitrogen and oxygen atoms in total. The quantitative estimate of drug-likeness (QED) is 0.795. The van der Waals surface area contributed by atoms with Crippen LogP contribution in [0.5, 0.6) is 0 Å². The van der Waals surface area contributed by atoms with Crippen molar-refractivity contribution >= 4 is 46.4 Å². The Kier molecular flexibility index (Phi) is 4.59. The van der Waals surface area contributed by atoms with Crippen molar-refractivity contribution in [3.8, 4) is 0 Å². The zero-order valence-corrected chi connectivity index (χ0v) is 13.6. The second-order valence-electron chi connectivity index (χ2n) is 4.90. The van der Waals surface area contributed by atoms with Crippen LogP contribution in [-0.2, 0) is 9.53 Å². The molecule has 1 aliphatic rings. The van der Waals surface area contributed by atoms with E-state index in [4.69, 9.17) is 39.5 Å². The molecule has 114 valence electrons. The highest BCUT2D eigenvalue weighted by Crippen LogP contribution is 2.39. The lowest BCUT2D eigenvalue weighted by atomic mass is 9.99. The molecule has 2 aromatic carbocycles. The fraction of sp³-hybridized carbons (Fsp3) is 0.188. The Hall–Kier alpha value is -1.26. The van der Waals surface area contributed by atoms with Gasteiger partial charge < -0.3 is 10.1 Å². The summed E-state index contributed by atoms with van der Waals surface area (Å²) in [6.07, 6.45) is -1.29. The van der Waals surface area contributed by atoms with Crippen molar-refractivity contribution in [2.45, 2.75) is 12.2 Å². The molecule has 3 rings (SSSR count). The van der Waals surface area contributed by atoms with Crippen LogP contribution in [0.2, 0.25) is 10.0 Å². The number of ether oxygens (including phenoxy) is 1. The van der Waals surface area contributed by atoms with E-state index in [0.717, 1.165) is 11.1 Å². The summed E-state index contributed by atoms with van der Waals surface area (Å²) in [5, 5.41) is 3.93. The average Bonchev–Trinajstić information content (AvgIpc) is 2.64. The fourth-order valence-electron chi connectivity index (χ4n) is 2.41. The molecule has 0 radical (unpaired) electrons.